The van der Waals surface area contributed by atoms with Gasteiger partial charge in [0.25, 0.3) is 11.8 Å². The molecule has 0 radical (unpaired) electrons. The number of anilines is 2. The zero-order valence-corrected chi connectivity index (χ0v) is 27.0. The summed E-state index contributed by atoms with van der Waals surface area (Å²) < 4.78 is 5.89. The molecule has 0 bridgehead atoms. The lowest BCUT2D eigenvalue weighted by Gasteiger charge is -2.13. The third-order valence-corrected chi connectivity index (χ3v) is 8.30. The van der Waals surface area contributed by atoms with Crippen LogP contribution in [0, 0.1) is 13.8 Å². The Balaban J connectivity index is 1.26. The number of aryl methyl sites for hydroxylation is 1. The topological polar surface area (TPSA) is 96.5 Å². The van der Waals surface area contributed by atoms with Gasteiger partial charge in [0, 0.05) is 21.8 Å². The van der Waals surface area contributed by atoms with Crippen LogP contribution < -0.4 is 20.7 Å². The third-order valence-electron chi connectivity index (χ3n) is 7.31. The summed E-state index contributed by atoms with van der Waals surface area (Å²) in [7, 11) is 0. The molecule has 0 heterocycles. The summed E-state index contributed by atoms with van der Waals surface area (Å²) >= 11 is 1.36. The summed E-state index contributed by atoms with van der Waals surface area (Å²) in [6.45, 7) is 4.42. The summed E-state index contributed by atoms with van der Waals surface area (Å²) in [4.78, 5) is 40.1. The van der Waals surface area contributed by atoms with Crippen LogP contribution in [-0.2, 0) is 16.2 Å². The van der Waals surface area contributed by atoms with Gasteiger partial charge in [0.05, 0.1) is 5.75 Å². The monoisotopic (exact) mass is 641 g/mol. The average molecular weight is 642 g/mol. The molecule has 0 aliphatic heterocycles. The van der Waals surface area contributed by atoms with Crippen LogP contribution in [0.5, 0.6) is 5.75 Å². The van der Waals surface area contributed by atoms with Gasteiger partial charge in [-0.3, -0.25) is 14.4 Å². The SMILES string of the molecule is Cc1cccc(NC(=O)CSc2cccc(NC(=O)/C(=C\c3ccc(OCc4ccccc4)cc3)NC(=O)c3ccccc3)c2)c1C. The highest BCUT2D eigenvalue weighted by Gasteiger charge is 2.16. The maximum atomic E-state index is 13.6. The minimum Gasteiger partial charge on any atom is -0.489 e. The molecular formula is C39H35N3O4S. The Kier molecular flexibility index (Phi) is 11.2. The Hall–Kier alpha value is -5.60. The second kappa shape index (κ2) is 16.1. The van der Waals surface area contributed by atoms with E-state index < -0.39 is 11.8 Å². The fourth-order valence-electron chi connectivity index (χ4n) is 4.59. The number of ether oxygens (including phenoxy) is 1. The summed E-state index contributed by atoms with van der Waals surface area (Å²) in [6.07, 6.45) is 1.62. The van der Waals surface area contributed by atoms with Crippen LogP contribution in [0.4, 0.5) is 11.4 Å². The molecule has 0 unspecified atom stereocenters. The van der Waals surface area contributed by atoms with Gasteiger partial charge in [-0.25, -0.2) is 0 Å². The first-order valence-corrected chi connectivity index (χ1v) is 16.1. The quantitative estimate of drug-likeness (QED) is 0.0947. The van der Waals surface area contributed by atoms with Gasteiger partial charge in [-0.1, -0.05) is 78.9 Å². The lowest BCUT2D eigenvalue weighted by molar-refractivity contribution is -0.114. The van der Waals surface area contributed by atoms with E-state index in [1.165, 1.54) is 11.8 Å². The van der Waals surface area contributed by atoms with Gasteiger partial charge in [-0.2, -0.15) is 0 Å². The third kappa shape index (κ3) is 9.69. The highest BCUT2D eigenvalue weighted by atomic mass is 32.2. The molecule has 3 amide bonds. The average Bonchev–Trinajstić information content (AvgIpc) is 3.09. The zero-order valence-electron chi connectivity index (χ0n) is 26.2. The lowest BCUT2D eigenvalue weighted by Crippen LogP contribution is -2.30. The molecule has 7 nitrogen and oxygen atoms in total. The van der Waals surface area contributed by atoms with Gasteiger partial charge < -0.3 is 20.7 Å². The van der Waals surface area contributed by atoms with Crippen LogP contribution in [0.1, 0.15) is 32.6 Å². The standard InChI is InChI=1S/C39H35N3O4S/c1-27-11-9-18-35(28(27)2)41-37(43)26-47-34-17-10-16-32(24-34)40-39(45)36(42-38(44)31-14-7-4-8-15-31)23-29-19-21-33(22-20-29)46-25-30-12-5-3-6-13-30/h3-24H,25-26H2,1-2H3,(H,40,45)(H,41,43)(H,42,44)/b36-23+. The molecule has 0 fully saturated rings. The molecule has 47 heavy (non-hydrogen) atoms. The largest absolute Gasteiger partial charge is 0.489 e. The van der Waals surface area contributed by atoms with Gasteiger partial charge in [-0.05, 0) is 90.7 Å². The van der Waals surface area contributed by atoms with Crippen LogP contribution in [0.3, 0.4) is 0 Å². The number of benzene rings is 5. The van der Waals surface area contributed by atoms with E-state index in [4.69, 9.17) is 4.74 Å². The highest BCUT2D eigenvalue weighted by molar-refractivity contribution is 8.00. The Labute approximate surface area is 279 Å². The maximum Gasteiger partial charge on any atom is 0.272 e. The number of carbonyl (C=O) groups is 3. The van der Waals surface area contributed by atoms with Crippen molar-refractivity contribution in [1.82, 2.24) is 5.32 Å². The van der Waals surface area contributed by atoms with Crippen LogP contribution >= 0.6 is 11.8 Å². The number of hydrogen-bond acceptors (Lipinski definition) is 5. The molecular weight excluding hydrogens is 607 g/mol. The van der Waals surface area contributed by atoms with E-state index in [1.54, 1.807) is 48.5 Å². The normalized spacial score (nSPS) is 11.0. The highest BCUT2D eigenvalue weighted by Crippen LogP contribution is 2.24. The van der Waals surface area contributed by atoms with Gasteiger partial charge in [0.2, 0.25) is 5.91 Å². The number of hydrogen-bond donors (Lipinski definition) is 3. The molecule has 5 aromatic rings. The molecule has 0 atom stereocenters. The first-order valence-electron chi connectivity index (χ1n) is 15.1. The van der Waals surface area contributed by atoms with Crippen LogP contribution in [0.2, 0.25) is 0 Å². The number of thioether (sulfide) groups is 1. The van der Waals surface area contributed by atoms with Crippen molar-refractivity contribution in [3.63, 3.8) is 0 Å². The molecule has 0 saturated heterocycles. The van der Waals surface area contributed by atoms with Crippen molar-refractivity contribution in [2.24, 2.45) is 0 Å². The predicted molar refractivity (Wildman–Crippen MR) is 189 cm³/mol. The first-order chi connectivity index (χ1) is 22.8. The van der Waals surface area contributed by atoms with Gasteiger partial charge >= 0.3 is 0 Å². The summed E-state index contributed by atoms with van der Waals surface area (Å²) in [5.41, 5.74) is 5.72. The van der Waals surface area contributed by atoms with Crippen molar-refractivity contribution in [2.45, 2.75) is 25.3 Å². The Morgan fingerprint density at radius 2 is 1.45 bits per heavy atom. The van der Waals surface area contributed by atoms with E-state index in [2.05, 4.69) is 16.0 Å². The van der Waals surface area contributed by atoms with Gasteiger partial charge in [-0.15, -0.1) is 11.8 Å². The molecule has 5 aromatic carbocycles. The second-order valence-electron chi connectivity index (χ2n) is 10.8. The lowest BCUT2D eigenvalue weighted by atomic mass is 10.1. The van der Waals surface area contributed by atoms with E-state index in [-0.39, 0.29) is 17.4 Å². The van der Waals surface area contributed by atoms with Crippen molar-refractivity contribution in [1.29, 1.82) is 0 Å². The predicted octanol–water partition coefficient (Wildman–Crippen LogP) is 8.02. The number of carbonyl (C=O) groups excluding carboxylic acids is 3. The maximum absolute atomic E-state index is 13.6. The minimum absolute atomic E-state index is 0.0720. The minimum atomic E-state index is -0.492. The van der Waals surface area contributed by atoms with E-state index >= 15 is 0 Å². The molecule has 0 aliphatic rings. The van der Waals surface area contributed by atoms with Crippen LogP contribution in [0.25, 0.3) is 6.08 Å². The summed E-state index contributed by atoms with van der Waals surface area (Å²) in [5.74, 6) is -0.137. The number of rotatable bonds is 12. The Morgan fingerprint density at radius 1 is 0.745 bits per heavy atom. The van der Waals surface area contributed by atoms with E-state index in [1.807, 2.05) is 98.8 Å². The van der Waals surface area contributed by atoms with Crippen molar-refractivity contribution < 1.29 is 19.1 Å². The van der Waals surface area contributed by atoms with Crippen LogP contribution in [-0.4, -0.2) is 23.5 Å². The molecule has 8 heteroatoms. The van der Waals surface area contributed by atoms with E-state index in [9.17, 15) is 14.4 Å². The number of amides is 3. The first kappa shape index (κ1) is 32.8. The van der Waals surface area contributed by atoms with Gasteiger partial charge in [0.15, 0.2) is 0 Å². The van der Waals surface area contributed by atoms with E-state index in [0.29, 0.717) is 29.2 Å². The fraction of sp³-hybridized carbons (Fsp3) is 0.103. The zero-order chi connectivity index (χ0) is 33.0. The number of nitrogens with one attached hydrogen (secondary N) is 3. The molecule has 0 aromatic heterocycles. The van der Waals surface area contributed by atoms with Crippen molar-refractivity contribution >= 4 is 46.9 Å². The van der Waals surface area contributed by atoms with Crippen molar-refractivity contribution in [3.05, 3.63) is 161 Å². The van der Waals surface area contributed by atoms with Gasteiger partial charge in [0.1, 0.15) is 18.1 Å². The second-order valence-corrected chi connectivity index (χ2v) is 11.8. The van der Waals surface area contributed by atoms with E-state index in [0.717, 1.165) is 27.3 Å². The van der Waals surface area contributed by atoms with Crippen molar-refractivity contribution in [3.8, 4) is 5.75 Å². The molecule has 0 spiro atoms. The molecule has 0 saturated carbocycles. The molecule has 236 valence electrons. The Bertz CT molecular complexity index is 1870. The van der Waals surface area contributed by atoms with Crippen molar-refractivity contribution in [2.75, 3.05) is 16.4 Å². The fourth-order valence-corrected chi connectivity index (χ4v) is 5.35. The smallest absolute Gasteiger partial charge is 0.272 e. The molecule has 0 aliphatic carbocycles. The molecule has 3 N–H and O–H groups in total. The summed E-state index contributed by atoms with van der Waals surface area (Å²) in [6, 6.07) is 38.9. The Morgan fingerprint density at radius 3 is 2.19 bits per heavy atom. The summed E-state index contributed by atoms with van der Waals surface area (Å²) in [5, 5.41) is 8.63. The molecule has 5 rings (SSSR count). The van der Waals surface area contributed by atoms with Crippen LogP contribution in [0.15, 0.2) is 138 Å².